The number of rotatable bonds is 2. The Morgan fingerprint density at radius 2 is 2.25 bits per heavy atom. The van der Waals surface area contributed by atoms with Crippen LogP contribution in [0.1, 0.15) is 5.82 Å². The van der Waals surface area contributed by atoms with E-state index in [0.29, 0.717) is 12.4 Å². The van der Waals surface area contributed by atoms with Gasteiger partial charge >= 0.3 is 0 Å². The van der Waals surface area contributed by atoms with Gasteiger partial charge in [0, 0.05) is 16.2 Å². The maximum absolute atomic E-state index is 4.72. The molecule has 3 aromatic rings. The van der Waals surface area contributed by atoms with E-state index < -0.39 is 0 Å². The van der Waals surface area contributed by atoms with Gasteiger partial charge in [0.2, 0.25) is 6.39 Å². The smallest absolute Gasteiger partial charge is 0.213 e. The quantitative estimate of drug-likeness (QED) is 0.724. The van der Waals surface area contributed by atoms with Crippen molar-refractivity contribution in [2.24, 2.45) is 0 Å². The first-order chi connectivity index (χ1) is 7.83. The van der Waals surface area contributed by atoms with Crippen molar-refractivity contribution in [3.63, 3.8) is 0 Å². The van der Waals surface area contributed by atoms with Gasteiger partial charge in [0.05, 0.1) is 6.54 Å². The molecule has 0 spiro atoms. The van der Waals surface area contributed by atoms with Crippen LogP contribution in [0.3, 0.4) is 0 Å². The van der Waals surface area contributed by atoms with Crippen molar-refractivity contribution in [1.82, 2.24) is 14.7 Å². The van der Waals surface area contributed by atoms with E-state index in [1.165, 1.54) is 11.8 Å². The lowest BCUT2D eigenvalue weighted by molar-refractivity contribution is 0.408. The van der Waals surface area contributed by atoms with Crippen LogP contribution in [0.15, 0.2) is 45.9 Å². The van der Waals surface area contributed by atoms with Crippen LogP contribution in [0.4, 0.5) is 0 Å². The molecule has 0 bridgehead atoms. The number of hydrogen-bond acceptors (Lipinski definition) is 3. The monoisotopic (exact) mass is 277 g/mol. The minimum atomic E-state index is 0.621. The van der Waals surface area contributed by atoms with Gasteiger partial charge in [0.15, 0.2) is 5.82 Å². The van der Waals surface area contributed by atoms with E-state index in [1.807, 2.05) is 12.3 Å². The van der Waals surface area contributed by atoms with Crippen molar-refractivity contribution in [2.45, 2.75) is 6.54 Å². The average Bonchev–Trinajstić information content (AvgIpc) is 2.90. The van der Waals surface area contributed by atoms with Gasteiger partial charge in [-0.25, -0.2) is 0 Å². The molecule has 5 heteroatoms. The van der Waals surface area contributed by atoms with E-state index in [0.717, 1.165) is 9.99 Å². The minimum absolute atomic E-state index is 0.621. The number of benzene rings is 1. The van der Waals surface area contributed by atoms with E-state index in [2.05, 4.69) is 48.8 Å². The second-order valence-corrected chi connectivity index (χ2v) is 4.41. The fourth-order valence-corrected chi connectivity index (χ4v) is 2.06. The van der Waals surface area contributed by atoms with Crippen LogP contribution in [0.5, 0.6) is 0 Å². The molecule has 1 aromatic carbocycles. The predicted molar refractivity (Wildman–Crippen MR) is 63.0 cm³/mol. The summed E-state index contributed by atoms with van der Waals surface area (Å²) in [4.78, 5) is 4.01. The van der Waals surface area contributed by atoms with Gasteiger partial charge in [0.25, 0.3) is 0 Å². The first kappa shape index (κ1) is 9.59. The summed E-state index contributed by atoms with van der Waals surface area (Å²) in [5, 5.41) is 5.00. The molecule has 3 rings (SSSR count). The van der Waals surface area contributed by atoms with Crippen molar-refractivity contribution in [2.75, 3.05) is 0 Å². The summed E-state index contributed by atoms with van der Waals surface area (Å²) in [6, 6.07) is 8.25. The predicted octanol–water partition coefficient (Wildman–Crippen LogP) is 2.84. The zero-order valence-corrected chi connectivity index (χ0v) is 9.89. The Hall–Kier alpha value is -1.62. The second-order valence-electron chi connectivity index (χ2n) is 3.49. The summed E-state index contributed by atoms with van der Waals surface area (Å²) >= 11 is 3.47. The number of fused-ring (bicyclic) bond motifs is 1. The van der Waals surface area contributed by atoms with E-state index >= 15 is 0 Å². The van der Waals surface area contributed by atoms with Gasteiger partial charge < -0.3 is 9.09 Å². The fourth-order valence-electron chi connectivity index (χ4n) is 1.71. The van der Waals surface area contributed by atoms with Crippen LogP contribution in [0, 0.1) is 0 Å². The molecule has 0 saturated heterocycles. The molecule has 0 radical (unpaired) electrons. The van der Waals surface area contributed by atoms with Crippen molar-refractivity contribution >= 4 is 26.8 Å². The highest BCUT2D eigenvalue weighted by Gasteiger charge is 2.04. The third-order valence-electron chi connectivity index (χ3n) is 2.45. The van der Waals surface area contributed by atoms with Crippen molar-refractivity contribution in [1.29, 1.82) is 0 Å². The fraction of sp³-hybridized carbons (Fsp3) is 0.0909. The lowest BCUT2D eigenvalue weighted by atomic mass is 10.2. The molecule has 0 fully saturated rings. The largest absolute Gasteiger partial charge is 0.343 e. The Bertz CT molecular complexity index is 615. The zero-order chi connectivity index (χ0) is 11.0. The van der Waals surface area contributed by atoms with Crippen molar-refractivity contribution in [3.05, 3.63) is 47.2 Å². The maximum Gasteiger partial charge on any atom is 0.213 e. The van der Waals surface area contributed by atoms with Crippen LogP contribution < -0.4 is 0 Å². The van der Waals surface area contributed by atoms with Gasteiger partial charge in [-0.3, -0.25) is 0 Å². The van der Waals surface area contributed by atoms with Crippen LogP contribution in [0.2, 0.25) is 0 Å². The third kappa shape index (κ3) is 1.63. The number of aromatic nitrogens is 3. The molecule has 0 aliphatic carbocycles. The number of halogens is 1. The molecule has 0 N–H and O–H groups in total. The summed E-state index contributed by atoms with van der Waals surface area (Å²) in [6.07, 6.45) is 3.37. The lowest BCUT2D eigenvalue weighted by Gasteiger charge is -2.01. The van der Waals surface area contributed by atoms with Crippen LogP contribution >= 0.6 is 15.9 Å². The van der Waals surface area contributed by atoms with Crippen molar-refractivity contribution in [3.8, 4) is 0 Å². The minimum Gasteiger partial charge on any atom is -0.343 e. The van der Waals surface area contributed by atoms with Gasteiger partial charge in [-0.1, -0.05) is 27.2 Å². The highest BCUT2D eigenvalue weighted by Crippen LogP contribution is 2.21. The topological polar surface area (TPSA) is 43.9 Å². The number of nitrogens with zero attached hydrogens (tertiary/aromatic N) is 3. The highest BCUT2D eigenvalue weighted by molar-refractivity contribution is 9.10. The van der Waals surface area contributed by atoms with Crippen LogP contribution in [0.25, 0.3) is 10.9 Å². The summed E-state index contributed by atoms with van der Waals surface area (Å²) in [6.45, 7) is 0.621. The molecule has 16 heavy (non-hydrogen) atoms. The Labute approximate surface area is 100 Å². The molecule has 0 amide bonds. The van der Waals surface area contributed by atoms with E-state index in [1.54, 1.807) is 0 Å². The first-order valence-electron chi connectivity index (χ1n) is 4.82. The Morgan fingerprint density at radius 3 is 3.06 bits per heavy atom. The Morgan fingerprint density at radius 1 is 1.31 bits per heavy atom. The van der Waals surface area contributed by atoms with Crippen molar-refractivity contribution < 1.29 is 4.52 Å². The standard InChI is InChI=1S/C11H8BrN3O/c12-9-2-1-8-3-4-15(10(8)5-9)6-11-13-7-16-14-11/h1-5,7H,6H2. The Balaban J connectivity index is 2.07. The normalized spacial score (nSPS) is 11.1. The molecule has 2 aromatic heterocycles. The van der Waals surface area contributed by atoms with Gasteiger partial charge in [0.1, 0.15) is 0 Å². The van der Waals surface area contributed by atoms with Gasteiger partial charge in [-0.2, -0.15) is 4.98 Å². The first-order valence-corrected chi connectivity index (χ1v) is 5.62. The van der Waals surface area contributed by atoms with Crippen LogP contribution in [-0.4, -0.2) is 14.7 Å². The summed E-state index contributed by atoms with van der Waals surface area (Å²) in [7, 11) is 0. The SMILES string of the molecule is Brc1ccc2ccn(Cc3ncon3)c2c1. The molecule has 4 nitrogen and oxygen atoms in total. The third-order valence-corrected chi connectivity index (χ3v) is 2.95. The average molecular weight is 278 g/mol. The second kappa shape index (κ2) is 3.75. The summed E-state index contributed by atoms with van der Waals surface area (Å²) < 4.78 is 7.87. The van der Waals surface area contributed by atoms with E-state index in [9.17, 15) is 0 Å². The van der Waals surface area contributed by atoms with E-state index in [-0.39, 0.29) is 0 Å². The number of hydrogen-bond donors (Lipinski definition) is 0. The van der Waals surface area contributed by atoms with Gasteiger partial charge in [-0.05, 0) is 23.6 Å². The maximum atomic E-state index is 4.72. The lowest BCUT2D eigenvalue weighted by Crippen LogP contribution is -1.99. The molecule has 0 aliphatic heterocycles. The molecule has 80 valence electrons. The summed E-state index contributed by atoms with van der Waals surface area (Å²) in [5.74, 6) is 0.678. The molecule has 2 heterocycles. The Kier molecular flexibility index (Phi) is 2.25. The van der Waals surface area contributed by atoms with Gasteiger partial charge in [-0.15, -0.1) is 0 Å². The molecule has 0 saturated carbocycles. The molecular formula is C11H8BrN3O. The van der Waals surface area contributed by atoms with Crippen LogP contribution in [-0.2, 0) is 6.54 Å². The highest BCUT2D eigenvalue weighted by atomic mass is 79.9. The molecule has 0 unspecified atom stereocenters. The molecule has 0 atom stereocenters. The summed E-state index contributed by atoms with van der Waals surface area (Å²) in [5.41, 5.74) is 1.15. The van der Waals surface area contributed by atoms with E-state index in [4.69, 9.17) is 4.52 Å². The molecular weight excluding hydrogens is 270 g/mol. The zero-order valence-electron chi connectivity index (χ0n) is 8.30. The molecule has 0 aliphatic rings.